The number of esters is 3. The molecule has 6 heteroatoms. The van der Waals surface area contributed by atoms with Crippen molar-refractivity contribution in [3.8, 4) is 0 Å². The molecule has 0 fully saturated rings. The second kappa shape index (κ2) is 44.8. The van der Waals surface area contributed by atoms with Crippen LogP contribution < -0.4 is 0 Å². The summed E-state index contributed by atoms with van der Waals surface area (Å²) in [5.41, 5.74) is 0. The number of unbranched alkanes of at least 4 members (excludes halogenated alkanes) is 15. The number of carbonyl (C=O) groups is 3. The summed E-state index contributed by atoms with van der Waals surface area (Å²) in [4.78, 5) is 37.7. The molecule has 0 heterocycles. The van der Waals surface area contributed by atoms with Gasteiger partial charge in [0.05, 0.1) is 0 Å². The molecule has 0 saturated heterocycles. The van der Waals surface area contributed by atoms with Crippen molar-refractivity contribution in [2.45, 2.75) is 181 Å². The Morgan fingerprint density at radius 3 is 1.11 bits per heavy atom. The summed E-state index contributed by atoms with van der Waals surface area (Å²) in [5.74, 6) is -1.00. The van der Waals surface area contributed by atoms with Crippen LogP contribution in [0.1, 0.15) is 175 Å². The molecule has 0 aromatic carbocycles. The molecule has 0 amide bonds. The molecule has 0 radical (unpaired) electrons. The Hall–Kier alpha value is -3.93. The standard InChI is InChI=1S/C51H80O6/c1-4-7-10-13-16-19-22-24-25-27-29-32-35-38-41-44-50(53)56-47-48(46-55-49(52)43-40-37-34-31-28-21-18-15-12-9-6-3)57-51(54)45-42-39-36-33-30-26-23-20-17-14-11-8-5-2/h7-8,10-11,13-23,26,28,30,48H,4-6,9,12,24-25,27,29,31-47H2,1-3H3/b10-7-,11-8-,16-13-,17-14-,18-15-,22-19-,23-20-,28-21-,30-26-. The number of ether oxygens (including phenoxy) is 3. The van der Waals surface area contributed by atoms with Crippen LogP contribution in [0.25, 0.3) is 0 Å². The van der Waals surface area contributed by atoms with Gasteiger partial charge in [-0.1, -0.05) is 188 Å². The summed E-state index contributed by atoms with van der Waals surface area (Å²) in [6, 6.07) is 0. The van der Waals surface area contributed by atoms with Crippen LogP contribution in [-0.4, -0.2) is 37.2 Å². The zero-order valence-corrected chi connectivity index (χ0v) is 36.3. The molecule has 0 aromatic rings. The number of hydrogen-bond acceptors (Lipinski definition) is 6. The number of rotatable bonds is 38. The third kappa shape index (κ3) is 43.0. The van der Waals surface area contributed by atoms with Gasteiger partial charge in [0.1, 0.15) is 13.2 Å². The molecule has 0 aromatic heterocycles. The molecular weight excluding hydrogens is 709 g/mol. The van der Waals surface area contributed by atoms with Crippen LogP contribution in [0, 0.1) is 0 Å². The molecule has 0 aliphatic heterocycles. The van der Waals surface area contributed by atoms with Crippen LogP contribution in [-0.2, 0) is 28.6 Å². The van der Waals surface area contributed by atoms with Crippen molar-refractivity contribution >= 4 is 17.9 Å². The van der Waals surface area contributed by atoms with Gasteiger partial charge in [-0.05, 0) is 77.0 Å². The van der Waals surface area contributed by atoms with Crippen molar-refractivity contribution in [3.05, 3.63) is 109 Å². The van der Waals surface area contributed by atoms with Gasteiger partial charge >= 0.3 is 17.9 Å². The smallest absolute Gasteiger partial charge is 0.306 e. The molecule has 1 atom stereocenters. The fraction of sp³-hybridized carbons (Fsp3) is 0.588. The zero-order chi connectivity index (χ0) is 41.5. The Labute approximate surface area is 349 Å². The van der Waals surface area contributed by atoms with Gasteiger partial charge in [0.2, 0.25) is 0 Å². The first-order chi connectivity index (χ1) is 28.0. The van der Waals surface area contributed by atoms with Gasteiger partial charge in [-0.3, -0.25) is 14.4 Å². The van der Waals surface area contributed by atoms with Crippen LogP contribution >= 0.6 is 0 Å². The average Bonchev–Trinajstić information content (AvgIpc) is 3.21. The highest BCUT2D eigenvalue weighted by Gasteiger charge is 2.19. The van der Waals surface area contributed by atoms with E-state index in [9.17, 15) is 14.4 Å². The first-order valence-electron chi connectivity index (χ1n) is 22.5. The minimum Gasteiger partial charge on any atom is -0.462 e. The molecule has 0 spiro atoms. The van der Waals surface area contributed by atoms with Crippen molar-refractivity contribution in [2.75, 3.05) is 13.2 Å². The second-order valence-electron chi connectivity index (χ2n) is 14.4. The third-order valence-electron chi connectivity index (χ3n) is 8.93. The van der Waals surface area contributed by atoms with Crippen LogP contribution in [0.15, 0.2) is 109 Å². The summed E-state index contributed by atoms with van der Waals surface area (Å²) in [7, 11) is 0. The predicted octanol–water partition coefficient (Wildman–Crippen LogP) is 14.4. The van der Waals surface area contributed by atoms with Gasteiger partial charge in [0, 0.05) is 19.3 Å². The highest BCUT2D eigenvalue weighted by Crippen LogP contribution is 2.12. The molecule has 0 aliphatic rings. The fourth-order valence-electron chi connectivity index (χ4n) is 5.54. The first kappa shape index (κ1) is 53.1. The van der Waals surface area contributed by atoms with Crippen molar-refractivity contribution < 1.29 is 28.6 Å². The van der Waals surface area contributed by atoms with E-state index >= 15 is 0 Å². The molecule has 1 unspecified atom stereocenters. The lowest BCUT2D eigenvalue weighted by atomic mass is 10.1. The number of carbonyl (C=O) groups excluding carboxylic acids is 3. The molecule has 0 saturated carbocycles. The summed E-state index contributed by atoms with van der Waals surface area (Å²) in [6.07, 6.45) is 59.3. The van der Waals surface area contributed by atoms with Gasteiger partial charge in [0.25, 0.3) is 0 Å². The highest BCUT2D eigenvalue weighted by atomic mass is 16.6. The van der Waals surface area contributed by atoms with E-state index in [2.05, 4.69) is 93.7 Å². The molecule has 0 rings (SSSR count). The van der Waals surface area contributed by atoms with E-state index in [1.807, 2.05) is 36.5 Å². The Morgan fingerprint density at radius 2 is 0.684 bits per heavy atom. The largest absolute Gasteiger partial charge is 0.462 e. The van der Waals surface area contributed by atoms with E-state index in [1.54, 1.807) is 0 Å². The maximum atomic E-state index is 12.7. The predicted molar refractivity (Wildman–Crippen MR) is 242 cm³/mol. The molecule has 0 bridgehead atoms. The monoisotopic (exact) mass is 789 g/mol. The molecule has 57 heavy (non-hydrogen) atoms. The zero-order valence-electron chi connectivity index (χ0n) is 36.3. The quantitative estimate of drug-likeness (QED) is 0.0268. The molecule has 6 nitrogen and oxygen atoms in total. The maximum Gasteiger partial charge on any atom is 0.306 e. The second-order valence-corrected chi connectivity index (χ2v) is 14.4. The van der Waals surface area contributed by atoms with Crippen LogP contribution in [0.5, 0.6) is 0 Å². The van der Waals surface area contributed by atoms with Crippen LogP contribution in [0.3, 0.4) is 0 Å². The summed E-state index contributed by atoms with van der Waals surface area (Å²) in [5, 5.41) is 0. The Morgan fingerprint density at radius 1 is 0.368 bits per heavy atom. The number of hydrogen-bond donors (Lipinski definition) is 0. The minimum absolute atomic E-state index is 0.112. The first-order valence-corrected chi connectivity index (χ1v) is 22.5. The van der Waals surface area contributed by atoms with Gasteiger partial charge in [-0.2, -0.15) is 0 Å². The van der Waals surface area contributed by atoms with Crippen LogP contribution in [0.2, 0.25) is 0 Å². The lowest BCUT2D eigenvalue weighted by Gasteiger charge is -2.18. The lowest BCUT2D eigenvalue weighted by Crippen LogP contribution is -2.30. The van der Waals surface area contributed by atoms with E-state index < -0.39 is 6.10 Å². The highest BCUT2D eigenvalue weighted by molar-refractivity contribution is 5.71. The molecular formula is C51H80O6. The Balaban J connectivity index is 4.52. The van der Waals surface area contributed by atoms with Crippen molar-refractivity contribution in [3.63, 3.8) is 0 Å². The Bertz CT molecular complexity index is 1230. The summed E-state index contributed by atoms with van der Waals surface area (Å²) >= 11 is 0. The van der Waals surface area contributed by atoms with E-state index in [0.29, 0.717) is 19.3 Å². The fourth-order valence-corrected chi connectivity index (χ4v) is 5.54. The van der Waals surface area contributed by atoms with E-state index in [4.69, 9.17) is 14.2 Å². The summed E-state index contributed by atoms with van der Waals surface area (Å²) < 4.78 is 16.6. The van der Waals surface area contributed by atoms with Crippen molar-refractivity contribution in [1.29, 1.82) is 0 Å². The number of allylic oxidation sites excluding steroid dienone is 18. The topological polar surface area (TPSA) is 78.9 Å². The van der Waals surface area contributed by atoms with E-state index in [0.717, 1.165) is 89.9 Å². The van der Waals surface area contributed by atoms with Crippen molar-refractivity contribution in [1.82, 2.24) is 0 Å². The maximum absolute atomic E-state index is 12.7. The van der Waals surface area contributed by atoms with Gasteiger partial charge in [0.15, 0.2) is 6.10 Å². The van der Waals surface area contributed by atoms with Gasteiger partial charge in [-0.25, -0.2) is 0 Å². The Kier molecular flexibility index (Phi) is 41.7. The van der Waals surface area contributed by atoms with Gasteiger partial charge in [-0.15, -0.1) is 0 Å². The third-order valence-corrected chi connectivity index (χ3v) is 8.93. The van der Waals surface area contributed by atoms with Crippen molar-refractivity contribution in [2.24, 2.45) is 0 Å². The SMILES string of the molecule is CC\C=C/C=C\C=C/C=C\CCCCCC(=O)OC(COC(=O)CCCCC/C=C\C=C/CCCC)COC(=O)CCCCCCCCC\C=C/C=C\C=C/CC. The minimum atomic E-state index is -0.814. The molecule has 0 aliphatic carbocycles. The van der Waals surface area contributed by atoms with E-state index in [-0.39, 0.29) is 37.5 Å². The normalized spacial score (nSPS) is 13.1. The summed E-state index contributed by atoms with van der Waals surface area (Å²) in [6.45, 7) is 6.21. The molecule has 0 N–H and O–H groups in total. The van der Waals surface area contributed by atoms with Gasteiger partial charge < -0.3 is 14.2 Å². The van der Waals surface area contributed by atoms with Crippen LogP contribution in [0.4, 0.5) is 0 Å². The average molecular weight is 789 g/mol. The molecule has 320 valence electrons. The lowest BCUT2D eigenvalue weighted by molar-refractivity contribution is -0.167. The van der Waals surface area contributed by atoms with E-state index in [1.165, 1.54) is 38.5 Å².